The molecule has 19 heavy (non-hydrogen) atoms. The second-order valence-corrected chi connectivity index (χ2v) is 6.50. The molecule has 1 heterocycles. The van der Waals surface area contributed by atoms with Crippen LogP contribution in [0.1, 0.15) is 26.7 Å². The number of carbonyl (C=O) groups excluding carboxylic acids is 1. The molecule has 1 aliphatic rings. The number of carboxylic acid groups (broad SMARTS) is 1. The maximum Gasteiger partial charge on any atom is 0.320 e. The van der Waals surface area contributed by atoms with Crippen molar-refractivity contribution in [1.29, 1.82) is 0 Å². The van der Waals surface area contributed by atoms with Gasteiger partial charge in [0.15, 0.2) is 0 Å². The average Bonchev–Trinajstić information content (AvgIpc) is 2.37. The summed E-state index contributed by atoms with van der Waals surface area (Å²) in [6.07, 6.45) is 3.40. The van der Waals surface area contributed by atoms with E-state index < -0.39 is 11.4 Å². The molecule has 0 spiro atoms. The van der Waals surface area contributed by atoms with E-state index in [2.05, 4.69) is 0 Å². The molecule has 2 atom stereocenters. The van der Waals surface area contributed by atoms with Crippen LogP contribution in [0.4, 0.5) is 4.79 Å². The molecule has 1 aliphatic heterocycles. The maximum atomic E-state index is 12.4. The Kier molecular flexibility index (Phi) is 5.52. The zero-order valence-electron chi connectivity index (χ0n) is 12.2. The predicted molar refractivity (Wildman–Crippen MR) is 77.6 cm³/mol. The van der Waals surface area contributed by atoms with E-state index in [-0.39, 0.29) is 12.1 Å². The van der Waals surface area contributed by atoms with Crippen LogP contribution in [0.25, 0.3) is 0 Å². The van der Waals surface area contributed by atoms with E-state index >= 15 is 0 Å². The lowest BCUT2D eigenvalue weighted by molar-refractivity contribution is -0.150. The van der Waals surface area contributed by atoms with E-state index in [1.807, 2.05) is 13.2 Å². The van der Waals surface area contributed by atoms with E-state index in [1.54, 1.807) is 35.5 Å². The first-order chi connectivity index (χ1) is 8.81. The van der Waals surface area contributed by atoms with Gasteiger partial charge in [0.05, 0.1) is 5.41 Å². The number of hydrogen-bond acceptors (Lipinski definition) is 3. The second kappa shape index (κ2) is 6.50. The van der Waals surface area contributed by atoms with Gasteiger partial charge in [-0.05, 0) is 32.9 Å². The lowest BCUT2D eigenvalue weighted by Gasteiger charge is -2.40. The van der Waals surface area contributed by atoms with Crippen molar-refractivity contribution in [2.75, 3.05) is 32.1 Å². The van der Waals surface area contributed by atoms with E-state index in [4.69, 9.17) is 0 Å². The molecule has 110 valence electrons. The smallest absolute Gasteiger partial charge is 0.320 e. The molecule has 1 rings (SSSR count). The number of urea groups is 1. The zero-order valence-corrected chi connectivity index (χ0v) is 13.0. The van der Waals surface area contributed by atoms with Gasteiger partial charge in [0, 0.05) is 31.9 Å². The molecule has 0 saturated carbocycles. The van der Waals surface area contributed by atoms with Crippen molar-refractivity contribution >= 4 is 23.8 Å². The lowest BCUT2D eigenvalue weighted by Crippen LogP contribution is -2.53. The Labute approximate surface area is 119 Å². The highest BCUT2D eigenvalue weighted by Gasteiger charge is 2.40. The minimum atomic E-state index is -0.815. The van der Waals surface area contributed by atoms with E-state index in [0.29, 0.717) is 19.5 Å². The van der Waals surface area contributed by atoms with Crippen molar-refractivity contribution < 1.29 is 14.7 Å². The highest BCUT2D eigenvalue weighted by molar-refractivity contribution is 7.98. The van der Waals surface area contributed by atoms with Gasteiger partial charge in [0.25, 0.3) is 0 Å². The van der Waals surface area contributed by atoms with Crippen molar-refractivity contribution in [2.45, 2.75) is 32.7 Å². The number of amides is 2. The third-order valence-electron chi connectivity index (χ3n) is 3.85. The molecule has 1 N–H and O–H groups in total. The molecule has 6 heteroatoms. The Balaban J connectivity index is 2.69. The number of hydrogen-bond donors (Lipinski definition) is 1. The minimum Gasteiger partial charge on any atom is -0.481 e. The number of aliphatic carboxylic acids is 1. The number of nitrogens with zero attached hydrogens (tertiary/aromatic N) is 2. The highest BCUT2D eigenvalue weighted by atomic mass is 32.2. The number of piperidine rings is 1. The largest absolute Gasteiger partial charge is 0.481 e. The fourth-order valence-electron chi connectivity index (χ4n) is 2.34. The van der Waals surface area contributed by atoms with Crippen LogP contribution in [0.3, 0.4) is 0 Å². The van der Waals surface area contributed by atoms with Crippen molar-refractivity contribution in [3.05, 3.63) is 0 Å². The molecule has 0 aromatic heterocycles. The van der Waals surface area contributed by atoms with Crippen molar-refractivity contribution in [3.8, 4) is 0 Å². The summed E-state index contributed by atoms with van der Waals surface area (Å²) in [7, 11) is 1.79. The van der Waals surface area contributed by atoms with Gasteiger partial charge in [-0.1, -0.05) is 0 Å². The molecular weight excluding hydrogens is 264 g/mol. The predicted octanol–water partition coefficient (Wildman–Crippen LogP) is 1.98. The highest BCUT2D eigenvalue weighted by Crippen LogP contribution is 2.30. The minimum absolute atomic E-state index is 0.0614. The number of carboxylic acids is 1. The van der Waals surface area contributed by atoms with Crippen LogP contribution in [-0.4, -0.2) is 65.1 Å². The van der Waals surface area contributed by atoms with Gasteiger partial charge >= 0.3 is 12.0 Å². The van der Waals surface area contributed by atoms with Crippen LogP contribution in [0.2, 0.25) is 0 Å². The van der Waals surface area contributed by atoms with Gasteiger partial charge in [-0.3, -0.25) is 4.79 Å². The Morgan fingerprint density at radius 3 is 2.68 bits per heavy atom. The molecule has 1 fully saturated rings. The number of rotatable bonds is 4. The molecule has 0 bridgehead atoms. The van der Waals surface area contributed by atoms with Gasteiger partial charge in [-0.25, -0.2) is 4.79 Å². The maximum absolute atomic E-state index is 12.4. The van der Waals surface area contributed by atoms with Crippen molar-refractivity contribution in [2.24, 2.45) is 5.41 Å². The van der Waals surface area contributed by atoms with E-state index in [1.165, 1.54) is 0 Å². The summed E-state index contributed by atoms with van der Waals surface area (Å²) in [6.45, 7) is 4.68. The fourth-order valence-corrected chi connectivity index (χ4v) is 3.05. The van der Waals surface area contributed by atoms with Gasteiger partial charge in [0.2, 0.25) is 0 Å². The molecule has 0 aromatic carbocycles. The molecule has 2 amide bonds. The quantitative estimate of drug-likeness (QED) is 0.859. The van der Waals surface area contributed by atoms with Crippen molar-refractivity contribution in [3.63, 3.8) is 0 Å². The molecule has 0 radical (unpaired) electrons. The second-order valence-electron chi connectivity index (χ2n) is 5.59. The van der Waals surface area contributed by atoms with Gasteiger partial charge in [0.1, 0.15) is 0 Å². The molecule has 0 aliphatic carbocycles. The van der Waals surface area contributed by atoms with Crippen LogP contribution in [0, 0.1) is 5.41 Å². The summed E-state index contributed by atoms with van der Waals surface area (Å²) in [5.41, 5.74) is -0.808. The SMILES string of the molecule is CSCC(C)N(C)C(=O)N1CCCC(C)(C(=O)O)C1. The molecule has 2 unspecified atom stereocenters. The Bertz CT molecular complexity index is 351. The normalized spacial score (nSPS) is 24.9. The van der Waals surface area contributed by atoms with E-state index in [9.17, 15) is 14.7 Å². The summed E-state index contributed by atoms with van der Waals surface area (Å²) in [4.78, 5) is 27.1. The fraction of sp³-hybridized carbons (Fsp3) is 0.846. The molecule has 0 aromatic rings. The first-order valence-electron chi connectivity index (χ1n) is 6.56. The number of likely N-dealkylation sites (tertiary alicyclic amines) is 1. The molecule has 1 saturated heterocycles. The topological polar surface area (TPSA) is 60.9 Å². The lowest BCUT2D eigenvalue weighted by atomic mass is 9.82. The average molecular weight is 288 g/mol. The van der Waals surface area contributed by atoms with Crippen LogP contribution < -0.4 is 0 Å². The Morgan fingerprint density at radius 1 is 1.53 bits per heavy atom. The zero-order chi connectivity index (χ0) is 14.6. The molecular formula is C13H24N2O3S. The number of carbonyl (C=O) groups is 2. The Morgan fingerprint density at radius 2 is 2.16 bits per heavy atom. The summed E-state index contributed by atoms with van der Waals surface area (Å²) >= 11 is 1.70. The first kappa shape index (κ1) is 16.1. The standard InChI is InChI=1S/C13H24N2O3S/c1-10(8-19-4)14(3)12(18)15-7-5-6-13(2,9-15)11(16)17/h10H,5-9H2,1-4H3,(H,16,17). The molecule has 5 nitrogen and oxygen atoms in total. The van der Waals surface area contributed by atoms with Gasteiger partial charge in [-0.2, -0.15) is 11.8 Å². The Hall–Kier alpha value is -0.910. The summed E-state index contributed by atoms with van der Waals surface area (Å²) < 4.78 is 0. The summed E-state index contributed by atoms with van der Waals surface area (Å²) in [5.74, 6) is 0.0662. The van der Waals surface area contributed by atoms with E-state index in [0.717, 1.165) is 12.2 Å². The summed E-state index contributed by atoms with van der Waals surface area (Å²) in [5, 5.41) is 9.27. The summed E-state index contributed by atoms with van der Waals surface area (Å²) in [6, 6.07) is 0.0919. The van der Waals surface area contributed by atoms with Gasteiger partial charge in [-0.15, -0.1) is 0 Å². The van der Waals surface area contributed by atoms with Crippen molar-refractivity contribution in [1.82, 2.24) is 9.80 Å². The third-order valence-corrected chi connectivity index (χ3v) is 4.67. The number of thioether (sulfide) groups is 1. The monoisotopic (exact) mass is 288 g/mol. The van der Waals surface area contributed by atoms with Crippen LogP contribution in [0.5, 0.6) is 0 Å². The van der Waals surface area contributed by atoms with Crippen LogP contribution in [-0.2, 0) is 4.79 Å². The van der Waals surface area contributed by atoms with Crippen LogP contribution in [0.15, 0.2) is 0 Å². The first-order valence-corrected chi connectivity index (χ1v) is 7.95. The van der Waals surface area contributed by atoms with Gasteiger partial charge < -0.3 is 14.9 Å². The van der Waals surface area contributed by atoms with Crippen LogP contribution >= 0.6 is 11.8 Å². The third kappa shape index (κ3) is 3.78.